The van der Waals surface area contributed by atoms with Crippen molar-refractivity contribution in [3.05, 3.63) is 23.8 Å². The highest BCUT2D eigenvalue weighted by atomic mass is 16.5. The molecule has 0 amide bonds. The number of rotatable bonds is 5. The Kier molecular flexibility index (Phi) is 4.80. The molecule has 1 aromatic carbocycles. The minimum atomic E-state index is -0.403. The third-order valence-corrected chi connectivity index (χ3v) is 1.84. The molecule has 1 rings (SSSR count). The lowest BCUT2D eigenvalue weighted by atomic mass is 10.2. The van der Waals surface area contributed by atoms with Crippen molar-refractivity contribution in [2.75, 3.05) is 13.2 Å². The lowest BCUT2D eigenvalue weighted by Gasteiger charge is -2.01. The Labute approximate surface area is 98.5 Å². The van der Waals surface area contributed by atoms with Crippen molar-refractivity contribution in [2.45, 2.75) is 6.92 Å². The maximum atomic E-state index is 10.9. The number of nitrogens with one attached hydrogen (secondary N) is 1. The number of hydrogen-bond acceptors (Lipinski definition) is 6. The number of aromatic hydroxyl groups is 2. The summed E-state index contributed by atoms with van der Waals surface area (Å²) >= 11 is 0. The summed E-state index contributed by atoms with van der Waals surface area (Å²) in [6, 6.07) is 4.12. The second kappa shape index (κ2) is 6.37. The van der Waals surface area contributed by atoms with Gasteiger partial charge in [0.05, 0.1) is 12.8 Å². The third kappa shape index (κ3) is 4.42. The van der Waals surface area contributed by atoms with Gasteiger partial charge < -0.3 is 14.9 Å². The minimum absolute atomic E-state index is 0.0286. The molecule has 0 aliphatic carbocycles. The number of ether oxygens (including phenoxy) is 1. The average molecular weight is 238 g/mol. The smallest absolute Gasteiger partial charge is 0.327 e. The quantitative estimate of drug-likeness (QED) is 0.396. The first-order chi connectivity index (χ1) is 8.13. The first-order valence-corrected chi connectivity index (χ1v) is 5.07. The van der Waals surface area contributed by atoms with E-state index in [0.29, 0.717) is 12.2 Å². The number of carbonyl (C=O) groups is 1. The number of hydrazone groups is 1. The molecule has 17 heavy (non-hydrogen) atoms. The van der Waals surface area contributed by atoms with E-state index in [0.717, 1.165) is 0 Å². The van der Waals surface area contributed by atoms with E-state index in [1.807, 2.05) is 0 Å². The monoisotopic (exact) mass is 238 g/mol. The Hall–Kier alpha value is -2.24. The van der Waals surface area contributed by atoms with Crippen molar-refractivity contribution in [1.82, 2.24) is 5.43 Å². The number of esters is 1. The van der Waals surface area contributed by atoms with E-state index < -0.39 is 5.97 Å². The minimum Gasteiger partial charge on any atom is -0.508 e. The number of nitrogens with zero attached hydrogens (tertiary/aromatic N) is 1. The maximum Gasteiger partial charge on any atom is 0.327 e. The molecular weight excluding hydrogens is 224 g/mol. The van der Waals surface area contributed by atoms with E-state index in [1.54, 1.807) is 6.92 Å². The number of phenols is 2. The lowest BCUT2D eigenvalue weighted by Crippen LogP contribution is -2.20. The van der Waals surface area contributed by atoms with Gasteiger partial charge in [-0.3, -0.25) is 10.2 Å². The summed E-state index contributed by atoms with van der Waals surface area (Å²) in [5, 5.41) is 22.2. The fourth-order valence-corrected chi connectivity index (χ4v) is 1.08. The summed E-state index contributed by atoms with van der Waals surface area (Å²) in [4.78, 5) is 10.9. The zero-order valence-electron chi connectivity index (χ0n) is 9.38. The molecule has 6 heteroatoms. The molecule has 0 saturated heterocycles. The van der Waals surface area contributed by atoms with Gasteiger partial charge in [0, 0.05) is 11.6 Å². The third-order valence-electron chi connectivity index (χ3n) is 1.84. The Morgan fingerprint density at radius 3 is 2.94 bits per heavy atom. The highest BCUT2D eigenvalue weighted by molar-refractivity contribution is 5.83. The van der Waals surface area contributed by atoms with E-state index in [-0.39, 0.29) is 18.0 Å². The summed E-state index contributed by atoms with van der Waals surface area (Å²) in [5.41, 5.74) is 2.91. The molecule has 0 spiro atoms. The molecule has 0 aliphatic heterocycles. The van der Waals surface area contributed by atoms with Gasteiger partial charge >= 0.3 is 5.97 Å². The van der Waals surface area contributed by atoms with Crippen LogP contribution in [0.5, 0.6) is 11.5 Å². The SMILES string of the molecule is CCOC(=O)CNN=Cc1ccc(O)cc1O. The van der Waals surface area contributed by atoms with Crippen LogP contribution >= 0.6 is 0 Å². The lowest BCUT2D eigenvalue weighted by molar-refractivity contribution is -0.141. The van der Waals surface area contributed by atoms with Gasteiger partial charge in [-0.05, 0) is 19.1 Å². The fraction of sp³-hybridized carbons (Fsp3) is 0.273. The van der Waals surface area contributed by atoms with Gasteiger partial charge in [-0.25, -0.2) is 0 Å². The number of carbonyl (C=O) groups excluding carboxylic acids is 1. The van der Waals surface area contributed by atoms with Crippen LogP contribution in [-0.2, 0) is 9.53 Å². The van der Waals surface area contributed by atoms with Crippen LogP contribution in [0.3, 0.4) is 0 Å². The van der Waals surface area contributed by atoms with Gasteiger partial charge in [-0.2, -0.15) is 5.10 Å². The topological polar surface area (TPSA) is 91.2 Å². The summed E-state index contributed by atoms with van der Waals surface area (Å²) in [5.74, 6) is -0.523. The highest BCUT2D eigenvalue weighted by Crippen LogP contribution is 2.20. The van der Waals surface area contributed by atoms with Crippen LogP contribution in [0.15, 0.2) is 23.3 Å². The van der Waals surface area contributed by atoms with Crippen molar-refractivity contribution in [3.8, 4) is 11.5 Å². The van der Waals surface area contributed by atoms with Crippen LogP contribution in [0.25, 0.3) is 0 Å². The van der Waals surface area contributed by atoms with Gasteiger partial charge in [0.1, 0.15) is 18.0 Å². The van der Waals surface area contributed by atoms with Crippen LogP contribution in [0.2, 0.25) is 0 Å². The zero-order valence-corrected chi connectivity index (χ0v) is 9.38. The van der Waals surface area contributed by atoms with Crippen LogP contribution in [0, 0.1) is 0 Å². The van der Waals surface area contributed by atoms with Crippen LogP contribution in [0.4, 0.5) is 0 Å². The molecule has 1 aromatic rings. The van der Waals surface area contributed by atoms with Crippen LogP contribution in [-0.4, -0.2) is 35.5 Å². The van der Waals surface area contributed by atoms with Crippen LogP contribution in [0.1, 0.15) is 12.5 Å². The molecule has 0 aliphatic rings. The highest BCUT2D eigenvalue weighted by Gasteiger charge is 2.00. The number of hydrogen-bond donors (Lipinski definition) is 3. The van der Waals surface area contributed by atoms with Crippen LogP contribution < -0.4 is 5.43 Å². The normalized spacial score (nSPS) is 10.4. The zero-order chi connectivity index (χ0) is 12.7. The van der Waals surface area contributed by atoms with E-state index in [2.05, 4.69) is 15.3 Å². The van der Waals surface area contributed by atoms with Gasteiger partial charge in [-0.15, -0.1) is 0 Å². The fourth-order valence-electron chi connectivity index (χ4n) is 1.08. The molecule has 0 radical (unpaired) electrons. The Balaban J connectivity index is 2.45. The van der Waals surface area contributed by atoms with E-state index in [9.17, 15) is 9.90 Å². The molecule has 6 nitrogen and oxygen atoms in total. The molecule has 0 bridgehead atoms. The molecule has 3 N–H and O–H groups in total. The van der Waals surface area contributed by atoms with Gasteiger partial charge in [0.2, 0.25) is 0 Å². The van der Waals surface area contributed by atoms with Gasteiger partial charge in [0.15, 0.2) is 0 Å². The maximum absolute atomic E-state index is 10.9. The molecule has 0 saturated carbocycles. The standard InChI is InChI=1S/C11H14N2O4/c1-2-17-11(16)7-13-12-6-8-3-4-9(14)5-10(8)15/h3-6,13-15H,2,7H2,1H3. The van der Waals surface area contributed by atoms with Crippen molar-refractivity contribution in [1.29, 1.82) is 0 Å². The van der Waals surface area contributed by atoms with E-state index >= 15 is 0 Å². The van der Waals surface area contributed by atoms with E-state index in [1.165, 1.54) is 24.4 Å². The first kappa shape index (κ1) is 12.8. The second-order valence-corrected chi connectivity index (χ2v) is 3.14. The van der Waals surface area contributed by atoms with Gasteiger partial charge in [-0.1, -0.05) is 0 Å². The second-order valence-electron chi connectivity index (χ2n) is 3.14. The summed E-state index contributed by atoms with van der Waals surface area (Å²) in [6.45, 7) is 2.00. The Bertz CT molecular complexity index is 418. The van der Waals surface area contributed by atoms with Crippen molar-refractivity contribution in [2.24, 2.45) is 5.10 Å². The molecular formula is C11H14N2O4. The molecule has 92 valence electrons. The van der Waals surface area contributed by atoms with Crippen molar-refractivity contribution < 1.29 is 19.7 Å². The largest absolute Gasteiger partial charge is 0.508 e. The summed E-state index contributed by atoms with van der Waals surface area (Å²) in [7, 11) is 0. The Morgan fingerprint density at radius 1 is 1.53 bits per heavy atom. The van der Waals surface area contributed by atoms with Gasteiger partial charge in [0.25, 0.3) is 0 Å². The number of phenolic OH excluding ortho intramolecular Hbond substituents is 2. The molecule has 0 heterocycles. The van der Waals surface area contributed by atoms with Crippen molar-refractivity contribution in [3.63, 3.8) is 0 Å². The number of benzene rings is 1. The Morgan fingerprint density at radius 2 is 2.29 bits per heavy atom. The van der Waals surface area contributed by atoms with Crippen molar-refractivity contribution >= 4 is 12.2 Å². The average Bonchev–Trinajstić information content (AvgIpc) is 2.27. The molecule has 0 aromatic heterocycles. The molecule has 0 atom stereocenters. The van der Waals surface area contributed by atoms with E-state index in [4.69, 9.17) is 5.11 Å². The summed E-state index contributed by atoms with van der Waals surface area (Å²) < 4.78 is 4.68. The molecule has 0 fully saturated rings. The predicted octanol–water partition coefficient (Wildman–Crippen LogP) is 0.584. The summed E-state index contributed by atoms with van der Waals surface area (Å²) in [6.07, 6.45) is 1.34. The predicted molar refractivity (Wildman–Crippen MR) is 62.0 cm³/mol. The first-order valence-electron chi connectivity index (χ1n) is 5.07. The molecule has 0 unspecified atom stereocenters.